The highest BCUT2D eigenvalue weighted by Gasteiger charge is 2.12. The van der Waals surface area contributed by atoms with Gasteiger partial charge in [-0.25, -0.2) is 4.98 Å². The molecule has 3 aromatic rings. The first-order valence-corrected chi connectivity index (χ1v) is 6.48. The summed E-state index contributed by atoms with van der Waals surface area (Å²) in [5.74, 6) is 0. The lowest BCUT2D eigenvalue weighted by molar-refractivity contribution is 0.683. The maximum atomic E-state index is 6.02. The summed E-state index contributed by atoms with van der Waals surface area (Å²) in [5.41, 5.74) is 7.85. The van der Waals surface area contributed by atoms with Crippen molar-refractivity contribution < 1.29 is 0 Å². The molecule has 0 aliphatic carbocycles. The molecule has 0 aliphatic heterocycles. The first-order chi connectivity index (χ1) is 7.83. The molecule has 0 bridgehead atoms. The fourth-order valence-corrected chi connectivity index (χ4v) is 2.78. The highest BCUT2D eigenvalue weighted by molar-refractivity contribution is 7.15. The third-order valence-electron chi connectivity index (χ3n) is 2.33. The lowest BCUT2D eigenvalue weighted by Gasteiger charge is -2.04. The fraction of sp³-hybridized carbons (Fsp3) is 0.222. The first kappa shape index (κ1) is 9.88. The van der Waals surface area contributed by atoms with Crippen LogP contribution in [0, 0.1) is 0 Å². The number of fused-ring (bicyclic) bond motifs is 1. The maximum Gasteiger partial charge on any atom is 0.193 e. The Hall–Kier alpha value is -1.31. The van der Waals surface area contributed by atoms with Crippen molar-refractivity contribution in [1.29, 1.82) is 0 Å². The van der Waals surface area contributed by atoms with Crippen molar-refractivity contribution in [2.24, 2.45) is 5.73 Å². The van der Waals surface area contributed by atoms with Gasteiger partial charge >= 0.3 is 0 Å². The number of imidazole rings is 1. The SMILES string of the molecule is NC(Cc1cn2ccsc2n1)c1csnn1. The summed E-state index contributed by atoms with van der Waals surface area (Å²) < 4.78 is 5.81. The predicted molar refractivity (Wildman–Crippen MR) is 63.6 cm³/mol. The molecule has 82 valence electrons. The number of rotatable bonds is 3. The van der Waals surface area contributed by atoms with Gasteiger partial charge in [0.05, 0.1) is 17.4 Å². The van der Waals surface area contributed by atoms with Crippen molar-refractivity contribution in [2.45, 2.75) is 12.5 Å². The highest BCUT2D eigenvalue weighted by atomic mass is 32.1. The summed E-state index contributed by atoms with van der Waals surface area (Å²) in [6.45, 7) is 0. The molecule has 5 nitrogen and oxygen atoms in total. The monoisotopic (exact) mass is 251 g/mol. The van der Waals surface area contributed by atoms with Crippen LogP contribution in [-0.2, 0) is 6.42 Å². The van der Waals surface area contributed by atoms with Crippen LogP contribution >= 0.6 is 22.9 Å². The lowest BCUT2D eigenvalue weighted by Crippen LogP contribution is -2.14. The van der Waals surface area contributed by atoms with E-state index in [0.717, 1.165) is 16.3 Å². The summed E-state index contributed by atoms with van der Waals surface area (Å²) in [4.78, 5) is 5.48. The van der Waals surface area contributed by atoms with Gasteiger partial charge in [-0.2, -0.15) is 0 Å². The molecule has 3 heterocycles. The molecule has 0 fully saturated rings. The van der Waals surface area contributed by atoms with E-state index in [0.29, 0.717) is 6.42 Å². The van der Waals surface area contributed by atoms with Gasteiger partial charge in [0.25, 0.3) is 0 Å². The van der Waals surface area contributed by atoms with Gasteiger partial charge in [-0.15, -0.1) is 16.4 Å². The minimum Gasteiger partial charge on any atom is -0.322 e. The van der Waals surface area contributed by atoms with Crippen LogP contribution in [0.5, 0.6) is 0 Å². The lowest BCUT2D eigenvalue weighted by atomic mass is 10.1. The van der Waals surface area contributed by atoms with E-state index < -0.39 is 0 Å². The Labute approximate surface area is 99.7 Å². The molecule has 0 saturated carbocycles. The minimum absolute atomic E-state index is 0.122. The summed E-state index contributed by atoms with van der Waals surface area (Å²) in [6, 6.07) is -0.122. The molecule has 0 aliphatic rings. The van der Waals surface area contributed by atoms with Gasteiger partial charge in [0.2, 0.25) is 0 Å². The fourth-order valence-electron chi connectivity index (χ4n) is 1.54. The third-order valence-corrected chi connectivity index (χ3v) is 3.62. The zero-order valence-electron chi connectivity index (χ0n) is 8.28. The molecular formula is C9H9N5S2. The Kier molecular flexibility index (Phi) is 2.43. The molecule has 0 spiro atoms. The Morgan fingerprint density at radius 1 is 1.50 bits per heavy atom. The van der Waals surface area contributed by atoms with E-state index in [1.807, 2.05) is 27.6 Å². The van der Waals surface area contributed by atoms with Gasteiger partial charge in [0, 0.05) is 29.6 Å². The number of thiazole rings is 1. The van der Waals surface area contributed by atoms with E-state index in [-0.39, 0.29) is 6.04 Å². The number of hydrogen-bond donors (Lipinski definition) is 1. The van der Waals surface area contributed by atoms with Gasteiger partial charge in [-0.05, 0) is 11.5 Å². The average molecular weight is 251 g/mol. The van der Waals surface area contributed by atoms with Crippen molar-refractivity contribution in [1.82, 2.24) is 19.0 Å². The molecule has 1 atom stereocenters. The van der Waals surface area contributed by atoms with Gasteiger partial charge < -0.3 is 5.73 Å². The Morgan fingerprint density at radius 2 is 2.44 bits per heavy atom. The second-order valence-corrected chi connectivity index (χ2v) is 4.95. The largest absolute Gasteiger partial charge is 0.322 e. The van der Waals surface area contributed by atoms with Crippen LogP contribution in [0.15, 0.2) is 23.2 Å². The second kappa shape index (κ2) is 3.93. The zero-order valence-corrected chi connectivity index (χ0v) is 9.91. The molecule has 1 unspecified atom stereocenters. The zero-order chi connectivity index (χ0) is 11.0. The molecule has 0 aromatic carbocycles. The van der Waals surface area contributed by atoms with E-state index in [9.17, 15) is 0 Å². The van der Waals surface area contributed by atoms with Crippen LogP contribution < -0.4 is 5.73 Å². The van der Waals surface area contributed by atoms with Crippen LogP contribution in [0.1, 0.15) is 17.4 Å². The normalized spacial score (nSPS) is 13.3. The summed E-state index contributed by atoms with van der Waals surface area (Å²) in [6.07, 6.45) is 4.69. The number of nitrogens with zero attached hydrogens (tertiary/aromatic N) is 4. The summed E-state index contributed by atoms with van der Waals surface area (Å²) >= 11 is 2.94. The van der Waals surface area contributed by atoms with Crippen LogP contribution in [0.4, 0.5) is 0 Å². The van der Waals surface area contributed by atoms with Crippen molar-refractivity contribution in [2.75, 3.05) is 0 Å². The third kappa shape index (κ3) is 1.73. The van der Waals surface area contributed by atoms with Gasteiger partial charge in [0.15, 0.2) is 4.96 Å². The minimum atomic E-state index is -0.122. The summed E-state index contributed by atoms with van der Waals surface area (Å²) in [5, 5.41) is 7.85. The molecule has 0 saturated heterocycles. The van der Waals surface area contributed by atoms with Crippen LogP contribution in [0.2, 0.25) is 0 Å². The van der Waals surface area contributed by atoms with E-state index >= 15 is 0 Å². The van der Waals surface area contributed by atoms with Crippen molar-refractivity contribution >= 4 is 27.8 Å². The van der Waals surface area contributed by atoms with Crippen molar-refractivity contribution in [3.8, 4) is 0 Å². The van der Waals surface area contributed by atoms with Crippen LogP contribution in [0.25, 0.3) is 4.96 Å². The van der Waals surface area contributed by atoms with Crippen molar-refractivity contribution in [3.63, 3.8) is 0 Å². The average Bonchev–Trinajstić information content (AvgIpc) is 2.91. The van der Waals surface area contributed by atoms with Gasteiger partial charge in [0.1, 0.15) is 0 Å². The van der Waals surface area contributed by atoms with Crippen LogP contribution in [0.3, 0.4) is 0 Å². The molecular weight excluding hydrogens is 242 g/mol. The molecule has 2 N–H and O–H groups in total. The number of aromatic nitrogens is 4. The molecule has 0 amide bonds. The van der Waals surface area contributed by atoms with Crippen molar-refractivity contribution in [3.05, 3.63) is 34.5 Å². The van der Waals surface area contributed by atoms with E-state index in [1.54, 1.807) is 11.3 Å². The Balaban J connectivity index is 1.82. The number of hydrogen-bond acceptors (Lipinski definition) is 6. The maximum absolute atomic E-state index is 6.02. The van der Waals surface area contributed by atoms with Crippen LogP contribution in [-0.4, -0.2) is 19.0 Å². The second-order valence-electron chi connectivity index (χ2n) is 3.47. The van der Waals surface area contributed by atoms with E-state index in [4.69, 9.17) is 5.73 Å². The van der Waals surface area contributed by atoms with Gasteiger partial charge in [-0.1, -0.05) is 4.49 Å². The summed E-state index contributed by atoms with van der Waals surface area (Å²) in [7, 11) is 0. The van der Waals surface area contributed by atoms with Gasteiger partial charge in [-0.3, -0.25) is 4.40 Å². The molecule has 7 heteroatoms. The molecule has 16 heavy (non-hydrogen) atoms. The van der Waals surface area contributed by atoms with E-state index in [2.05, 4.69) is 14.6 Å². The Morgan fingerprint density at radius 3 is 3.19 bits per heavy atom. The number of nitrogens with two attached hydrogens (primary N) is 1. The van der Waals surface area contributed by atoms with E-state index in [1.165, 1.54) is 11.5 Å². The molecule has 0 radical (unpaired) electrons. The predicted octanol–water partition coefficient (Wildman–Crippen LogP) is 1.49. The smallest absolute Gasteiger partial charge is 0.193 e. The topological polar surface area (TPSA) is 69.1 Å². The Bertz CT molecular complexity index is 553. The first-order valence-electron chi connectivity index (χ1n) is 4.76. The highest BCUT2D eigenvalue weighted by Crippen LogP contribution is 2.17. The molecule has 3 rings (SSSR count). The standard InChI is InChI=1S/C9H9N5S2/c10-7(8-5-16-13-12-8)3-6-4-14-1-2-15-9(14)11-6/h1-2,4-5,7H,3,10H2. The molecule has 3 aromatic heterocycles. The quantitative estimate of drug-likeness (QED) is 0.765.